The van der Waals surface area contributed by atoms with Crippen LogP contribution in [0, 0.1) is 12.7 Å². The van der Waals surface area contributed by atoms with E-state index in [0.29, 0.717) is 22.2 Å². The lowest BCUT2D eigenvalue weighted by molar-refractivity contribution is 0.625. The molecule has 3 rings (SSSR count). The summed E-state index contributed by atoms with van der Waals surface area (Å²) in [6.07, 6.45) is 0. The number of nitrogen functional groups attached to an aromatic ring is 1. The molecule has 1 heterocycles. The van der Waals surface area contributed by atoms with Crippen LogP contribution in [0.3, 0.4) is 0 Å². The van der Waals surface area contributed by atoms with E-state index in [4.69, 9.17) is 17.3 Å². The number of nitrogens with zero attached hydrogens (tertiary/aromatic N) is 4. The van der Waals surface area contributed by atoms with Crippen molar-refractivity contribution in [3.63, 3.8) is 0 Å². The monoisotopic (exact) mass is 303 g/mol. The maximum Gasteiger partial charge on any atom is 0.187 e. The molecule has 7 heteroatoms. The van der Waals surface area contributed by atoms with Crippen LogP contribution in [0.5, 0.6) is 0 Å². The van der Waals surface area contributed by atoms with Crippen molar-refractivity contribution in [3.05, 3.63) is 52.8 Å². The van der Waals surface area contributed by atoms with Crippen molar-refractivity contribution >= 4 is 17.3 Å². The summed E-state index contributed by atoms with van der Waals surface area (Å²) in [6.45, 7) is 1.79. The van der Waals surface area contributed by atoms with Gasteiger partial charge in [-0.3, -0.25) is 0 Å². The smallest absolute Gasteiger partial charge is 0.187 e. The summed E-state index contributed by atoms with van der Waals surface area (Å²) in [5, 5.41) is 12.1. The molecule has 0 unspecified atom stereocenters. The topological polar surface area (TPSA) is 69.6 Å². The second-order valence-corrected chi connectivity index (χ2v) is 4.99. The predicted molar refractivity (Wildman–Crippen MR) is 78.7 cm³/mol. The molecule has 3 aromatic rings. The Labute approximate surface area is 125 Å². The Kier molecular flexibility index (Phi) is 3.31. The van der Waals surface area contributed by atoms with Crippen LogP contribution in [0.2, 0.25) is 5.02 Å². The molecular formula is C14H11ClFN5. The van der Waals surface area contributed by atoms with E-state index in [9.17, 15) is 4.39 Å². The minimum Gasteiger partial charge on any atom is -0.398 e. The molecule has 0 amide bonds. The van der Waals surface area contributed by atoms with Gasteiger partial charge in [0.05, 0.1) is 16.4 Å². The van der Waals surface area contributed by atoms with Crippen LogP contribution >= 0.6 is 11.6 Å². The number of halogens is 2. The fourth-order valence-corrected chi connectivity index (χ4v) is 2.23. The minimum atomic E-state index is -0.304. The average Bonchev–Trinajstić information content (AvgIpc) is 2.91. The highest BCUT2D eigenvalue weighted by molar-refractivity contribution is 6.33. The standard InChI is InChI=1S/C14H11ClFN5/c1-8-6-10(16)3-5-13(8)21-14(18-19-20-21)9-2-4-12(17)11(15)7-9/h2-7H,17H2,1H3. The lowest BCUT2D eigenvalue weighted by Gasteiger charge is -2.08. The van der Waals surface area contributed by atoms with Gasteiger partial charge in [-0.25, -0.2) is 4.39 Å². The number of hydrogen-bond acceptors (Lipinski definition) is 4. The zero-order valence-corrected chi connectivity index (χ0v) is 11.8. The zero-order chi connectivity index (χ0) is 15.0. The van der Waals surface area contributed by atoms with E-state index in [-0.39, 0.29) is 5.82 Å². The number of nitrogens with two attached hydrogens (primary N) is 1. The summed E-state index contributed by atoms with van der Waals surface area (Å²) in [6, 6.07) is 9.58. The number of anilines is 1. The molecule has 2 aromatic carbocycles. The van der Waals surface area contributed by atoms with Crippen molar-refractivity contribution in [2.75, 3.05) is 5.73 Å². The fraction of sp³-hybridized carbons (Fsp3) is 0.0714. The number of rotatable bonds is 2. The molecular weight excluding hydrogens is 293 g/mol. The largest absolute Gasteiger partial charge is 0.398 e. The van der Waals surface area contributed by atoms with Crippen molar-refractivity contribution in [1.82, 2.24) is 20.2 Å². The Hall–Kier alpha value is -2.47. The van der Waals surface area contributed by atoms with E-state index in [1.807, 2.05) is 0 Å². The van der Waals surface area contributed by atoms with Gasteiger partial charge in [0.25, 0.3) is 0 Å². The number of aryl methyl sites for hydroxylation is 1. The Balaban J connectivity index is 2.14. The predicted octanol–water partition coefficient (Wildman–Crippen LogP) is 3.01. The fourth-order valence-electron chi connectivity index (χ4n) is 2.05. The summed E-state index contributed by atoms with van der Waals surface area (Å²) in [4.78, 5) is 0. The van der Waals surface area contributed by atoms with Crippen LogP contribution in [-0.4, -0.2) is 20.2 Å². The quantitative estimate of drug-likeness (QED) is 0.739. The highest BCUT2D eigenvalue weighted by atomic mass is 35.5. The SMILES string of the molecule is Cc1cc(F)ccc1-n1nnnc1-c1ccc(N)c(Cl)c1. The van der Waals surface area contributed by atoms with Gasteiger partial charge in [0.1, 0.15) is 5.82 Å². The van der Waals surface area contributed by atoms with Gasteiger partial charge in [0.2, 0.25) is 0 Å². The van der Waals surface area contributed by atoms with Gasteiger partial charge < -0.3 is 5.73 Å². The normalized spacial score (nSPS) is 10.8. The number of aromatic nitrogens is 4. The van der Waals surface area contributed by atoms with E-state index < -0.39 is 0 Å². The first-order valence-corrected chi connectivity index (χ1v) is 6.54. The van der Waals surface area contributed by atoms with Crippen molar-refractivity contribution in [2.45, 2.75) is 6.92 Å². The van der Waals surface area contributed by atoms with Crippen molar-refractivity contribution < 1.29 is 4.39 Å². The minimum absolute atomic E-state index is 0.304. The Morgan fingerprint density at radius 3 is 2.71 bits per heavy atom. The molecule has 0 radical (unpaired) electrons. The van der Waals surface area contributed by atoms with Gasteiger partial charge >= 0.3 is 0 Å². The zero-order valence-electron chi connectivity index (χ0n) is 11.1. The van der Waals surface area contributed by atoms with Crippen molar-refractivity contribution in [3.8, 4) is 17.1 Å². The number of benzene rings is 2. The molecule has 0 spiro atoms. The molecule has 0 saturated heterocycles. The third kappa shape index (κ3) is 2.45. The molecule has 0 fully saturated rings. The van der Waals surface area contributed by atoms with Gasteiger partial charge in [-0.2, -0.15) is 4.68 Å². The van der Waals surface area contributed by atoms with E-state index in [1.165, 1.54) is 16.8 Å². The van der Waals surface area contributed by atoms with Gasteiger partial charge in [-0.1, -0.05) is 11.6 Å². The highest BCUT2D eigenvalue weighted by Crippen LogP contribution is 2.27. The molecule has 0 saturated carbocycles. The molecule has 106 valence electrons. The third-order valence-corrected chi connectivity index (χ3v) is 3.44. The van der Waals surface area contributed by atoms with E-state index in [2.05, 4.69) is 15.5 Å². The van der Waals surface area contributed by atoms with Crippen LogP contribution in [0.25, 0.3) is 17.1 Å². The van der Waals surface area contributed by atoms with Gasteiger partial charge in [0, 0.05) is 5.56 Å². The first-order valence-electron chi connectivity index (χ1n) is 6.16. The lowest BCUT2D eigenvalue weighted by atomic mass is 10.1. The molecule has 0 aliphatic heterocycles. The van der Waals surface area contributed by atoms with Crippen LogP contribution in [0.15, 0.2) is 36.4 Å². The molecule has 0 aliphatic rings. The summed E-state index contributed by atoms with van der Waals surface area (Å²) < 4.78 is 14.8. The summed E-state index contributed by atoms with van der Waals surface area (Å²) in [5.41, 5.74) is 8.33. The summed E-state index contributed by atoms with van der Waals surface area (Å²) in [5.74, 6) is 0.202. The molecule has 21 heavy (non-hydrogen) atoms. The van der Waals surface area contributed by atoms with Gasteiger partial charge in [-0.15, -0.1) is 5.10 Å². The maximum absolute atomic E-state index is 13.2. The molecule has 0 atom stereocenters. The first kappa shape index (κ1) is 13.5. The maximum atomic E-state index is 13.2. The summed E-state index contributed by atoms with van der Waals surface area (Å²) in [7, 11) is 0. The van der Waals surface area contributed by atoms with Crippen molar-refractivity contribution in [2.24, 2.45) is 0 Å². The van der Waals surface area contributed by atoms with Gasteiger partial charge in [-0.05, 0) is 59.3 Å². The number of hydrogen-bond donors (Lipinski definition) is 1. The molecule has 0 aliphatic carbocycles. The lowest BCUT2D eigenvalue weighted by Crippen LogP contribution is -2.02. The molecule has 5 nitrogen and oxygen atoms in total. The Bertz CT molecular complexity index is 815. The molecule has 0 bridgehead atoms. The Morgan fingerprint density at radius 2 is 2.00 bits per heavy atom. The summed E-state index contributed by atoms with van der Waals surface area (Å²) >= 11 is 6.03. The van der Waals surface area contributed by atoms with Crippen molar-refractivity contribution in [1.29, 1.82) is 0 Å². The average molecular weight is 304 g/mol. The van der Waals surface area contributed by atoms with Crippen LogP contribution in [-0.2, 0) is 0 Å². The van der Waals surface area contributed by atoms with E-state index in [0.717, 1.165) is 11.1 Å². The van der Waals surface area contributed by atoms with E-state index in [1.54, 1.807) is 31.2 Å². The van der Waals surface area contributed by atoms with E-state index >= 15 is 0 Å². The molecule has 2 N–H and O–H groups in total. The number of tetrazole rings is 1. The first-order chi connectivity index (χ1) is 10.1. The highest BCUT2D eigenvalue weighted by Gasteiger charge is 2.13. The second kappa shape index (κ2) is 5.14. The van der Waals surface area contributed by atoms with Crippen LogP contribution in [0.1, 0.15) is 5.56 Å². The second-order valence-electron chi connectivity index (χ2n) is 4.58. The Morgan fingerprint density at radius 1 is 1.19 bits per heavy atom. The van der Waals surface area contributed by atoms with Gasteiger partial charge in [0.15, 0.2) is 5.82 Å². The molecule has 1 aromatic heterocycles. The van der Waals surface area contributed by atoms with Crippen LogP contribution < -0.4 is 5.73 Å². The van der Waals surface area contributed by atoms with Crippen LogP contribution in [0.4, 0.5) is 10.1 Å². The third-order valence-electron chi connectivity index (χ3n) is 3.12.